The van der Waals surface area contributed by atoms with Crippen LogP contribution in [0.25, 0.3) is 0 Å². The van der Waals surface area contributed by atoms with E-state index in [1.165, 1.54) is 0 Å². The summed E-state index contributed by atoms with van der Waals surface area (Å²) < 4.78 is 16.0. The van der Waals surface area contributed by atoms with Gasteiger partial charge >= 0.3 is 0 Å². The van der Waals surface area contributed by atoms with E-state index in [2.05, 4.69) is 15.3 Å². The minimum Gasteiger partial charge on any atom is -0.493 e. The monoisotopic (exact) mass is 291 g/mol. The van der Waals surface area contributed by atoms with E-state index in [1.807, 2.05) is 18.3 Å². The van der Waals surface area contributed by atoms with Crippen molar-refractivity contribution in [1.29, 1.82) is 0 Å². The van der Waals surface area contributed by atoms with E-state index in [9.17, 15) is 0 Å². The van der Waals surface area contributed by atoms with Crippen molar-refractivity contribution in [3.8, 4) is 17.2 Å². The Bertz CT molecular complexity index is 530. The van der Waals surface area contributed by atoms with Gasteiger partial charge in [-0.3, -0.25) is 0 Å². The van der Waals surface area contributed by atoms with E-state index in [-0.39, 0.29) is 0 Å². The molecule has 1 aromatic carbocycles. The molecule has 0 atom stereocenters. The summed E-state index contributed by atoms with van der Waals surface area (Å²) >= 11 is 0. The number of imidazole rings is 1. The van der Waals surface area contributed by atoms with Gasteiger partial charge in [0.05, 0.1) is 21.3 Å². The summed E-state index contributed by atoms with van der Waals surface area (Å²) in [6, 6.07) is 3.89. The van der Waals surface area contributed by atoms with Crippen LogP contribution in [-0.2, 0) is 13.0 Å². The Balaban J connectivity index is 1.96. The minimum absolute atomic E-state index is 0.610. The lowest BCUT2D eigenvalue weighted by Crippen LogP contribution is -2.17. The lowest BCUT2D eigenvalue weighted by molar-refractivity contribution is 0.323. The molecular formula is C15H21N3O3. The third-order valence-corrected chi connectivity index (χ3v) is 3.15. The number of benzene rings is 1. The summed E-state index contributed by atoms with van der Waals surface area (Å²) in [5.41, 5.74) is 1.07. The fraction of sp³-hybridized carbons (Fsp3) is 0.400. The van der Waals surface area contributed by atoms with Crippen molar-refractivity contribution in [3.63, 3.8) is 0 Å². The number of hydrogen-bond acceptors (Lipinski definition) is 5. The molecule has 2 rings (SSSR count). The van der Waals surface area contributed by atoms with Gasteiger partial charge in [0.25, 0.3) is 0 Å². The van der Waals surface area contributed by atoms with Crippen molar-refractivity contribution in [1.82, 2.24) is 15.3 Å². The van der Waals surface area contributed by atoms with Gasteiger partial charge in [-0.25, -0.2) is 4.98 Å². The number of ether oxygens (including phenoxy) is 3. The summed E-state index contributed by atoms with van der Waals surface area (Å²) in [6.45, 7) is 1.56. The number of aromatic amines is 1. The van der Waals surface area contributed by atoms with E-state index in [0.717, 1.165) is 30.9 Å². The van der Waals surface area contributed by atoms with Gasteiger partial charge in [-0.05, 0) is 17.7 Å². The number of hydrogen-bond donors (Lipinski definition) is 2. The zero-order chi connectivity index (χ0) is 15.1. The van der Waals surface area contributed by atoms with Crippen LogP contribution >= 0.6 is 0 Å². The molecule has 0 saturated heterocycles. The van der Waals surface area contributed by atoms with Gasteiger partial charge in [0.15, 0.2) is 11.5 Å². The van der Waals surface area contributed by atoms with Crippen molar-refractivity contribution < 1.29 is 14.2 Å². The molecule has 0 bridgehead atoms. The maximum Gasteiger partial charge on any atom is 0.203 e. The van der Waals surface area contributed by atoms with E-state index < -0.39 is 0 Å². The first-order valence-corrected chi connectivity index (χ1v) is 6.76. The van der Waals surface area contributed by atoms with Gasteiger partial charge in [0.2, 0.25) is 5.75 Å². The molecule has 0 radical (unpaired) electrons. The molecule has 0 unspecified atom stereocenters. The molecule has 0 aliphatic heterocycles. The first-order valence-electron chi connectivity index (χ1n) is 6.76. The lowest BCUT2D eigenvalue weighted by atomic mass is 10.1. The summed E-state index contributed by atoms with van der Waals surface area (Å²) in [4.78, 5) is 7.27. The smallest absolute Gasteiger partial charge is 0.203 e. The topological polar surface area (TPSA) is 68.4 Å². The minimum atomic E-state index is 0.610. The molecule has 0 amide bonds. The second-order valence-corrected chi connectivity index (χ2v) is 4.50. The number of rotatable bonds is 8. The Labute approximate surface area is 124 Å². The van der Waals surface area contributed by atoms with Gasteiger partial charge in [-0.2, -0.15) is 0 Å². The van der Waals surface area contributed by atoms with Crippen molar-refractivity contribution in [2.24, 2.45) is 0 Å². The third kappa shape index (κ3) is 3.88. The zero-order valence-electron chi connectivity index (χ0n) is 12.6. The third-order valence-electron chi connectivity index (χ3n) is 3.15. The highest BCUT2D eigenvalue weighted by atomic mass is 16.5. The van der Waals surface area contributed by atoms with Crippen LogP contribution in [0, 0.1) is 0 Å². The predicted molar refractivity (Wildman–Crippen MR) is 80.1 cm³/mol. The van der Waals surface area contributed by atoms with Crippen LogP contribution in [0.2, 0.25) is 0 Å². The normalized spacial score (nSPS) is 10.4. The first kappa shape index (κ1) is 15.2. The van der Waals surface area contributed by atoms with E-state index in [4.69, 9.17) is 14.2 Å². The standard InChI is InChI=1S/C15H21N3O3/c1-19-12-8-11(9-13(20-2)15(12)21-3)10-16-5-4-14-17-6-7-18-14/h6-9,16H,4-5,10H2,1-3H3,(H,17,18). The van der Waals surface area contributed by atoms with E-state index >= 15 is 0 Å². The fourth-order valence-corrected chi connectivity index (χ4v) is 2.11. The lowest BCUT2D eigenvalue weighted by Gasteiger charge is -2.14. The number of nitrogens with zero attached hydrogens (tertiary/aromatic N) is 1. The van der Waals surface area contributed by atoms with Crippen LogP contribution < -0.4 is 19.5 Å². The summed E-state index contributed by atoms with van der Waals surface area (Å²) in [6.07, 6.45) is 4.44. The van der Waals surface area contributed by atoms with Gasteiger partial charge < -0.3 is 24.5 Å². The van der Waals surface area contributed by atoms with E-state index in [1.54, 1.807) is 27.5 Å². The quantitative estimate of drug-likeness (QED) is 0.725. The van der Waals surface area contributed by atoms with Gasteiger partial charge in [-0.1, -0.05) is 0 Å². The molecule has 0 spiro atoms. The molecule has 21 heavy (non-hydrogen) atoms. The molecule has 2 N–H and O–H groups in total. The predicted octanol–water partition coefficient (Wildman–Crippen LogP) is 1.77. The van der Waals surface area contributed by atoms with Crippen LogP contribution in [0.4, 0.5) is 0 Å². The number of aromatic nitrogens is 2. The number of nitrogens with one attached hydrogen (secondary N) is 2. The highest BCUT2D eigenvalue weighted by molar-refractivity contribution is 5.53. The summed E-state index contributed by atoms with van der Waals surface area (Å²) in [7, 11) is 4.83. The SMILES string of the molecule is COc1cc(CNCCc2ncc[nH]2)cc(OC)c1OC. The van der Waals surface area contributed by atoms with Crippen molar-refractivity contribution in [3.05, 3.63) is 35.9 Å². The van der Waals surface area contributed by atoms with Crippen molar-refractivity contribution in [2.75, 3.05) is 27.9 Å². The first-order chi connectivity index (χ1) is 10.3. The van der Waals surface area contributed by atoms with Crippen molar-refractivity contribution >= 4 is 0 Å². The summed E-state index contributed by atoms with van der Waals surface area (Å²) in [5.74, 6) is 2.92. The average Bonchev–Trinajstić information content (AvgIpc) is 3.03. The Morgan fingerprint density at radius 1 is 1.10 bits per heavy atom. The molecule has 1 aromatic heterocycles. The maximum atomic E-state index is 5.34. The van der Waals surface area contributed by atoms with Crippen LogP contribution in [0.5, 0.6) is 17.2 Å². The zero-order valence-corrected chi connectivity index (χ0v) is 12.6. The molecule has 6 heteroatoms. The Kier molecular flexibility index (Phi) is 5.45. The van der Waals surface area contributed by atoms with Crippen LogP contribution in [0.15, 0.2) is 24.5 Å². The molecule has 1 heterocycles. The summed E-state index contributed by atoms with van der Waals surface area (Å²) in [5, 5.41) is 3.37. The van der Waals surface area contributed by atoms with Gasteiger partial charge in [0.1, 0.15) is 5.82 Å². The highest BCUT2D eigenvalue weighted by Gasteiger charge is 2.12. The number of methoxy groups -OCH3 is 3. The van der Waals surface area contributed by atoms with Crippen LogP contribution in [-0.4, -0.2) is 37.8 Å². The Hall–Kier alpha value is -2.21. The molecule has 0 saturated carbocycles. The molecule has 0 aliphatic rings. The van der Waals surface area contributed by atoms with Crippen LogP contribution in [0.1, 0.15) is 11.4 Å². The molecule has 114 valence electrons. The fourth-order valence-electron chi connectivity index (χ4n) is 2.11. The van der Waals surface area contributed by atoms with Crippen molar-refractivity contribution in [2.45, 2.75) is 13.0 Å². The van der Waals surface area contributed by atoms with Gasteiger partial charge in [-0.15, -0.1) is 0 Å². The van der Waals surface area contributed by atoms with Crippen LogP contribution in [0.3, 0.4) is 0 Å². The Morgan fingerprint density at radius 2 is 1.81 bits per heavy atom. The molecule has 0 fully saturated rings. The second kappa shape index (κ2) is 7.54. The highest BCUT2D eigenvalue weighted by Crippen LogP contribution is 2.38. The largest absolute Gasteiger partial charge is 0.493 e. The molecular weight excluding hydrogens is 270 g/mol. The average molecular weight is 291 g/mol. The molecule has 2 aromatic rings. The Morgan fingerprint density at radius 3 is 2.33 bits per heavy atom. The van der Waals surface area contributed by atoms with Gasteiger partial charge in [0, 0.05) is 31.9 Å². The van der Waals surface area contributed by atoms with E-state index in [0.29, 0.717) is 17.2 Å². The maximum absolute atomic E-state index is 5.34. The molecule has 6 nitrogen and oxygen atoms in total. The second-order valence-electron chi connectivity index (χ2n) is 4.50. The number of H-pyrrole nitrogens is 1. The molecule has 0 aliphatic carbocycles.